The molecule has 316 valence electrons. The number of aryl methyl sites for hydroxylation is 4. The molecule has 2 aliphatic rings. The number of benzene rings is 6. The zero-order valence-electron chi connectivity index (χ0n) is 36.8. The highest BCUT2D eigenvalue weighted by Crippen LogP contribution is 2.48. The Balaban J connectivity index is 1.29. The van der Waals surface area contributed by atoms with Gasteiger partial charge in [0.05, 0.1) is 33.9 Å². The Labute approximate surface area is 368 Å². The number of nitrogens with one attached hydrogen (secondary N) is 4. The first-order valence-corrected chi connectivity index (χ1v) is 23.0. The Kier molecular flexibility index (Phi) is 13.3. The molecule has 0 atom stereocenters. The van der Waals surface area contributed by atoms with Crippen molar-refractivity contribution < 1.29 is 9.59 Å². The van der Waals surface area contributed by atoms with Crippen molar-refractivity contribution in [3.8, 4) is 0 Å². The van der Waals surface area contributed by atoms with Crippen LogP contribution >= 0.6 is 0 Å². The third kappa shape index (κ3) is 9.40. The zero-order chi connectivity index (χ0) is 43.0. The predicted molar refractivity (Wildman–Crippen MR) is 263 cm³/mol. The second kappa shape index (κ2) is 19.5. The van der Waals surface area contributed by atoms with Crippen LogP contribution in [0.3, 0.4) is 0 Å². The van der Waals surface area contributed by atoms with Crippen LogP contribution in [0, 0.1) is 0 Å². The fourth-order valence-corrected chi connectivity index (χ4v) is 8.70. The van der Waals surface area contributed by atoms with E-state index in [2.05, 4.69) is 158 Å². The smallest absolute Gasteiger partial charge is 0.190 e. The summed E-state index contributed by atoms with van der Waals surface area (Å²) in [7, 11) is 0. The Hall–Kier alpha value is -6.40. The molecule has 8 rings (SSSR count). The summed E-state index contributed by atoms with van der Waals surface area (Å²) in [5.41, 5.74) is 14.3. The normalized spacial score (nSPS) is 12.9. The van der Waals surface area contributed by atoms with E-state index in [0.717, 1.165) is 122 Å². The molecule has 0 bridgehead atoms. The van der Waals surface area contributed by atoms with Crippen LogP contribution in [-0.4, -0.2) is 11.6 Å². The van der Waals surface area contributed by atoms with Crippen molar-refractivity contribution in [3.63, 3.8) is 0 Å². The van der Waals surface area contributed by atoms with Crippen LogP contribution in [-0.2, 0) is 25.7 Å². The van der Waals surface area contributed by atoms with E-state index in [1.165, 1.54) is 22.3 Å². The molecule has 0 amide bonds. The Morgan fingerprint density at radius 1 is 0.371 bits per heavy atom. The van der Waals surface area contributed by atoms with Gasteiger partial charge in [-0.05, 0) is 134 Å². The molecule has 6 heteroatoms. The number of allylic oxidation sites excluding steroid dienone is 2. The maximum atomic E-state index is 14.7. The Morgan fingerprint density at radius 2 is 0.645 bits per heavy atom. The highest BCUT2D eigenvalue weighted by molar-refractivity contribution is 6.34. The molecule has 0 heterocycles. The van der Waals surface area contributed by atoms with Crippen LogP contribution in [0.25, 0.3) is 22.2 Å². The van der Waals surface area contributed by atoms with E-state index >= 15 is 0 Å². The van der Waals surface area contributed by atoms with Crippen LogP contribution in [0.1, 0.15) is 133 Å². The molecule has 2 aliphatic carbocycles. The van der Waals surface area contributed by atoms with Crippen LogP contribution in [0.2, 0.25) is 0 Å². The number of carbonyl (C=O) groups is 2. The molecular weight excluding hydrogens is 761 g/mol. The van der Waals surface area contributed by atoms with Crippen LogP contribution in [0.4, 0.5) is 34.1 Å². The number of carbonyl (C=O) groups excluding carboxylic acids is 2. The number of hydrogen-bond donors (Lipinski definition) is 4. The summed E-state index contributed by atoms with van der Waals surface area (Å²) in [5.74, 6) is -0.247. The lowest BCUT2D eigenvalue weighted by Crippen LogP contribution is -2.19. The third-order valence-corrected chi connectivity index (χ3v) is 12.2. The first-order chi connectivity index (χ1) is 30.3. The first-order valence-electron chi connectivity index (χ1n) is 23.0. The molecule has 0 radical (unpaired) electrons. The van der Waals surface area contributed by atoms with Gasteiger partial charge in [0, 0.05) is 56.8 Å². The maximum Gasteiger partial charge on any atom is 0.190 e. The first kappa shape index (κ1) is 42.3. The average molecular weight is 821 g/mol. The lowest BCUT2D eigenvalue weighted by molar-refractivity contribution is 0.103. The fraction of sp³-hybridized carbons (Fsp3) is 0.286. The van der Waals surface area contributed by atoms with E-state index in [9.17, 15) is 9.59 Å². The van der Waals surface area contributed by atoms with Gasteiger partial charge in [-0.1, -0.05) is 102 Å². The van der Waals surface area contributed by atoms with E-state index in [4.69, 9.17) is 0 Å². The number of unbranched alkanes of at least 4 members (excludes halogenated alkanes) is 4. The fourth-order valence-electron chi connectivity index (χ4n) is 8.70. The second-order valence-corrected chi connectivity index (χ2v) is 17.0. The van der Waals surface area contributed by atoms with Crippen molar-refractivity contribution >= 4 is 67.9 Å². The SMILES string of the molecule is CCCCc1ccc(NC2=CC(=O)c3c(Nc4ccc(CCCC)cc4)cc4c5c(c(Nc6ccc(CCCC)cc6)cc2c35)C(=O)C=C4Nc2ccc(CCCC)cc2)cc1. The van der Waals surface area contributed by atoms with Gasteiger partial charge in [-0.15, -0.1) is 0 Å². The predicted octanol–water partition coefficient (Wildman–Crippen LogP) is 15.0. The maximum absolute atomic E-state index is 14.7. The highest BCUT2D eigenvalue weighted by Gasteiger charge is 2.33. The molecule has 0 unspecified atom stereocenters. The standard InChI is InChI=1S/C56H60N4O2/c1-5-9-13-37-17-25-41(26-18-37)57-47-35-51(61)55-50(60-44-31-23-40(24-32-44)16-12-8-4)34-46-48(58-42-27-19-38(20-28-42)14-10-6-2)36-52(62)56-49(33-45(47)53(55)54(46)56)59-43-29-21-39(22-30-43)15-11-7-3/h17-36,57-60H,5-16H2,1-4H3. The highest BCUT2D eigenvalue weighted by atomic mass is 16.1. The molecule has 0 saturated carbocycles. The van der Waals surface area contributed by atoms with E-state index in [-0.39, 0.29) is 11.6 Å². The number of hydrogen-bond acceptors (Lipinski definition) is 6. The lowest BCUT2D eigenvalue weighted by atomic mass is 9.80. The quantitative estimate of drug-likeness (QED) is 0.0614. The van der Waals surface area contributed by atoms with E-state index in [1.807, 2.05) is 0 Å². The van der Waals surface area contributed by atoms with Crippen LogP contribution < -0.4 is 21.3 Å². The van der Waals surface area contributed by atoms with Gasteiger partial charge in [-0.25, -0.2) is 0 Å². The van der Waals surface area contributed by atoms with Crippen molar-refractivity contribution in [2.45, 2.75) is 105 Å². The molecule has 0 saturated heterocycles. The van der Waals surface area contributed by atoms with Gasteiger partial charge in [0.15, 0.2) is 11.6 Å². The summed E-state index contributed by atoms with van der Waals surface area (Å²) in [4.78, 5) is 29.4. The van der Waals surface area contributed by atoms with Crippen molar-refractivity contribution in [3.05, 3.63) is 166 Å². The molecular formula is C56H60N4O2. The monoisotopic (exact) mass is 820 g/mol. The minimum Gasteiger partial charge on any atom is -0.355 e. The second-order valence-electron chi connectivity index (χ2n) is 17.0. The van der Waals surface area contributed by atoms with Gasteiger partial charge in [0.25, 0.3) is 0 Å². The van der Waals surface area contributed by atoms with Crippen molar-refractivity contribution in [1.82, 2.24) is 0 Å². The van der Waals surface area contributed by atoms with E-state index in [0.29, 0.717) is 33.9 Å². The molecule has 0 aromatic heterocycles. The molecule has 6 nitrogen and oxygen atoms in total. The van der Waals surface area contributed by atoms with Crippen molar-refractivity contribution in [2.75, 3.05) is 21.3 Å². The number of anilines is 6. The Bertz CT molecular complexity index is 2430. The summed E-state index contributed by atoms with van der Waals surface area (Å²) in [5, 5.41) is 16.1. The lowest BCUT2D eigenvalue weighted by Gasteiger charge is -2.29. The van der Waals surface area contributed by atoms with Crippen LogP contribution in [0.15, 0.2) is 121 Å². The van der Waals surface area contributed by atoms with E-state index < -0.39 is 0 Å². The van der Waals surface area contributed by atoms with Gasteiger partial charge in [-0.2, -0.15) is 0 Å². The summed E-state index contributed by atoms with van der Waals surface area (Å²) in [6.45, 7) is 8.84. The topological polar surface area (TPSA) is 82.3 Å². The average Bonchev–Trinajstić information content (AvgIpc) is 3.29. The summed E-state index contributed by atoms with van der Waals surface area (Å²) < 4.78 is 0. The van der Waals surface area contributed by atoms with Crippen molar-refractivity contribution in [2.24, 2.45) is 0 Å². The minimum absolute atomic E-state index is 0.123. The molecule has 0 aliphatic heterocycles. The van der Waals surface area contributed by atoms with Gasteiger partial charge in [0.1, 0.15) is 0 Å². The summed E-state index contributed by atoms with van der Waals surface area (Å²) >= 11 is 0. The summed E-state index contributed by atoms with van der Waals surface area (Å²) in [6.07, 6.45) is 16.7. The van der Waals surface area contributed by atoms with Gasteiger partial charge < -0.3 is 21.3 Å². The largest absolute Gasteiger partial charge is 0.355 e. The minimum atomic E-state index is -0.123. The van der Waals surface area contributed by atoms with Gasteiger partial charge in [0.2, 0.25) is 0 Å². The zero-order valence-corrected chi connectivity index (χ0v) is 36.8. The number of rotatable bonds is 20. The van der Waals surface area contributed by atoms with Gasteiger partial charge in [-0.3, -0.25) is 9.59 Å². The van der Waals surface area contributed by atoms with E-state index in [1.54, 1.807) is 12.2 Å². The Morgan fingerprint density at radius 3 is 0.919 bits per heavy atom. The molecule has 6 aromatic carbocycles. The summed E-state index contributed by atoms with van der Waals surface area (Å²) in [6, 6.07) is 38.2. The van der Waals surface area contributed by atoms with Gasteiger partial charge >= 0.3 is 0 Å². The third-order valence-electron chi connectivity index (χ3n) is 12.2. The van der Waals surface area contributed by atoms with Crippen molar-refractivity contribution in [1.29, 1.82) is 0 Å². The molecule has 0 fully saturated rings. The molecule has 0 spiro atoms. The number of ketones is 2. The molecule has 62 heavy (non-hydrogen) atoms. The van der Waals surface area contributed by atoms with Crippen LogP contribution in [0.5, 0.6) is 0 Å². The molecule has 6 aromatic rings. The molecule has 4 N–H and O–H groups in total.